The van der Waals surface area contributed by atoms with E-state index in [1.165, 1.54) is 23.1 Å². The minimum atomic E-state index is -0.190. The number of hydrogen-bond donors (Lipinski definition) is 2. The van der Waals surface area contributed by atoms with E-state index in [4.69, 9.17) is 15.2 Å². The number of thioether (sulfide) groups is 1. The van der Waals surface area contributed by atoms with Gasteiger partial charge in [-0.15, -0.1) is 23.1 Å². The molecule has 0 bridgehead atoms. The molecule has 0 saturated carbocycles. The zero-order chi connectivity index (χ0) is 21.8. The van der Waals surface area contributed by atoms with Crippen molar-refractivity contribution in [2.24, 2.45) is 0 Å². The fourth-order valence-corrected chi connectivity index (χ4v) is 4.73. The number of nitrogens with two attached hydrogens (primary N) is 1. The molecule has 2 aromatic heterocycles. The van der Waals surface area contributed by atoms with Crippen molar-refractivity contribution in [1.82, 2.24) is 4.98 Å². The summed E-state index contributed by atoms with van der Waals surface area (Å²) in [6.07, 6.45) is 0.194. The fraction of sp³-hybridized carbons (Fsp3) is 0.143. The zero-order valence-corrected chi connectivity index (χ0v) is 17.7. The third-order valence-electron chi connectivity index (χ3n) is 4.41. The summed E-state index contributed by atoms with van der Waals surface area (Å²) in [6, 6.07) is 13.0. The molecule has 1 aromatic carbocycles. The molecular weight excluding hydrogens is 434 g/mol. The average Bonchev–Trinajstić information content (AvgIpc) is 3.45. The molecule has 3 heterocycles. The second-order valence-corrected chi connectivity index (χ2v) is 8.37. The van der Waals surface area contributed by atoms with Crippen molar-refractivity contribution in [2.75, 3.05) is 23.6 Å². The standard InChI is InChI=1S/C21H15N5O3S2/c22-9-13-19(17-2-1-6-30-17)14(10-23)21(26-20(13)24)31-7-5-18(27)25-12-3-4-15-16(8-12)29-11-28-15/h1-4,6,8H,5,7,11H2,(H2,24,26)(H,25,27). The predicted octanol–water partition coefficient (Wildman–Crippen LogP) is 3.99. The minimum Gasteiger partial charge on any atom is -0.454 e. The summed E-state index contributed by atoms with van der Waals surface area (Å²) in [5.74, 6) is 1.49. The SMILES string of the molecule is N#Cc1c(N)nc(SCCC(=O)Nc2ccc3c(c2)OCO3)c(C#N)c1-c1cccs1. The number of benzene rings is 1. The zero-order valence-electron chi connectivity index (χ0n) is 16.0. The number of nitrogen functional groups attached to an aromatic ring is 1. The molecule has 1 aliphatic rings. The monoisotopic (exact) mass is 449 g/mol. The van der Waals surface area contributed by atoms with Crippen LogP contribution >= 0.6 is 23.1 Å². The third-order valence-corrected chi connectivity index (χ3v) is 6.27. The van der Waals surface area contributed by atoms with E-state index in [0.717, 1.165) is 4.88 Å². The number of amides is 1. The van der Waals surface area contributed by atoms with Crippen LogP contribution in [0, 0.1) is 22.7 Å². The van der Waals surface area contributed by atoms with Crippen LogP contribution in [0.1, 0.15) is 17.5 Å². The Kier molecular flexibility index (Phi) is 5.94. The number of pyridine rings is 1. The molecule has 8 nitrogen and oxygen atoms in total. The molecule has 0 atom stereocenters. The molecule has 0 radical (unpaired) electrons. The Morgan fingerprint density at radius 2 is 2.03 bits per heavy atom. The maximum absolute atomic E-state index is 12.3. The van der Waals surface area contributed by atoms with Crippen molar-refractivity contribution in [2.45, 2.75) is 11.4 Å². The van der Waals surface area contributed by atoms with Crippen LogP contribution in [0.3, 0.4) is 0 Å². The molecule has 0 unspecified atom stereocenters. The number of nitriles is 2. The third kappa shape index (κ3) is 4.26. The lowest BCUT2D eigenvalue weighted by Gasteiger charge is -2.11. The number of fused-ring (bicyclic) bond motifs is 1. The lowest BCUT2D eigenvalue weighted by molar-refractivity contribution is -0.115. The van der Waals surface area contributed by atoms with Gasteiger partial charge in [-0.2, -0.15) is 10.5 Å². The van der Waals surface area contributed by atoms with Crippen molar-refractivity contribution >= 4 is 40.5 Å². The van der Waals surface area contributed by atoms with E-state index in [1.807, 2.05) is 23.6 Å². The highest BCUT2D eigenvalue weighted by Gasteiger charge is 2.21. The highest BCUT2D eigenvalue weighted by Crippen LogP contribution is 2.38. The Morgan fingerprint density at radius 1 is 1.23 bits per heavy atom. The molecule has 3 aromatic rings. The summed E-state index contributed by atoms with van der Waals surface area (Å²) in [7, 11) is 0. The van der Waals surface area contributed by atoms with Crippen LogP contribution in [0.5, 0.6) is 11.5 Å². The molecule has 154 valence electrons. The van der Waals surface area contributed by atoms with Crippen LogP contribution in [-0.4, -0.2) is 23.4 Å². The van der Waals surface area contributed by atoms with E-state index >= 15 is 0 Å². The van der Waals surface area contributed by atoms with Gasteiger partial charge in [0.15, 0.2) is 11.5 Å². The highest BCUT2D eigenvalue weighted by molar-refractivity contribution is 7.99. The maximum Gasteiger partial charge on any atom is 0.231 e. The van der Waals surface area contributed by atoms with Gasteiger partial charge in [0.05, 0.1) is 5.56 Å². The fourth-order valence-electron chi connectivity index (χ4n) is 3.01. The van der Waals surface area contributed by atoms with Crippen molar-refractivity contribution in [3.63, 3.8) is 0 Å². The summed E-state index contributed by atoms with van der Waals surface area (Å²) in [4.78, 5) is 17.3. The first-order valence-corrected chi connectivity index (χ1v) is 11.0. The van der Waals surface area contributed by atoms with Crippen LogP contribution in [0.2, 0.25) is 0 Å². The van der Waals surface area contributed by atoms with Gasteiger partial charge < -0.3 is 20.5 Å². The van der Waals surface area contributed by atoms with E-state index < -0.39 is 0 Å². The summed E-state index contributed by atoms with van der Waals surface area (Å²) < 4.78 is 10.6. The lowest BCUT2D eigenvalue weighted by Crippen LogP contribution is -2.12. The molecule has 0 saturated heterocycles. The van der Waals surface area contributed by atoms with Crippen LogP contribution in [0.4, 0.5) is 11.5 Å². The lowest BCUT2D eigenvalue weighted by atomic mass is 10.0. The van der Waals surface area contributed by atoms with Crippen LogP contribution in [-0.2, 0) is 4.79 Å². The summed E-state index contributed by atoms with van der Waals surface area (Å²) in [5, 5.41) is 24.3. The number of ether oxygens (including phenoxy) is 2. The van der Waals surface area contributed by atoms with Gasteiger partial charge in [0, 0.05) is 34.4 Å². The van der Waals surface area contributed by atoms with Gasteiger partial charge in [0.25, 0.3) is 0 Å². The number of rotatable bonds is 6. The van der Waals surface area contributed by atoms with Crippen molar-refractivity contribution < 1.29 is 14.3 Å². The summed E-state index contributed by atoms with van der Waals surface area (Å²) >= 11 is 2.66. The highest BCUT2D eigenvalue weighted by atomic mass is 32.2. The van der Waals surface area contributed by atoms with Gasteiger partial charge in [-0.3, -0.25) is 4.79 Å². The maximum atomic E-state index is 12.3. The van der Waals surface area contributed by atoms with Crippen molar-refractivity contribution in [3.05, 3.63) is 46.8 Å². The quantitative estimate of drug-likeness (QED) is 0.540. The Labute approximate surface area is 186 Å². The average molecular weight is 450 g/mol. The normalized spacial score (nSPS) is 11.5. The smallest absolute Gasteiger partial charge is 0.231 e. The topological polar surface area (TPSA) is 134 Å². The van der Waals surface area contributed by atoms with Gasteiger partial charge in [-0.1, -0.05) is 6.07 Å². The van der Waals surface area contributed by atoms with E-state index in [9.17, 15) is 15.3 Å². The Hall–Kier alpha value is -3.73. The number of carbonyl (C=O) groups excluding carboxylic acids is 1. The van der Waals surface area contributed by atoms with Crippen molar-refractivity contribution in [1.29, 1.82) is 10.5 Å². The number of hydrogen-bond acceptors (Lipinski definition) is 9. The molecule has 0 aliphatic carbocycles. The van der Waals surface area contributed by atoms with E-state index in [1.54, 1.807) is 18.2 Å². The molecular formula is C21H15N5O3S2. The predicted molar refractivity (Wildman–Crippen MR) is 118 cm³/mol. The second-order valence-electron chi connectivity index (χ2n) is 6.34. The number of carbonyl (C=O) groups is 1. The molecule has 0 fully saturated rings. The van der Waals surface area contributed by atoms with Gasteiger partial charge in [0.2, 0.25) is 12.7 Å². The number of thiophene rings is 1. The van der Waals surface area contributed by atoms with Gasteiger partial charge in [-0.05, 0) is 23.6 Å². The molecule has 0 spiro atoms. The summed E-state index contributed by atoms with van der Waals surface area (Å²) in [6.45, 7) is 0.165. The molecule has 1 aliphatic heterocycles. The van der Waals surface area contributed by atoms with Crippen LogP contribution in [0.25, 0.3) is 10.4 Å². The van der Waals surface area contributed by atoms with Crippen LogP contribution in [0.15, 0.2) is 40.7 Å². The Morgan fingerprint density at radius 3 is 2.77 bits per heavy atom. The van der Waals surface area contributed by atoms with Gasteiger partial charge >= 0.3 is 0 Å². The first kappa shape index (κ1) is 20.5. The molecule has 31 heavy (non-hydrogen) atoms. The molecule has 4 rings (SSSR count). The van der Waals surface area contributed by atoms with E-state index in [-0.39, 0.29) is 36.1 Å². The van der Waals surface area contributed by atoms with E-state index in [2.05, 4.69) is 16.4 Å². The van der Waals surface area contributed by atoms with Crippen molar-refractivity contribution in [3.8, 4) is 34.1 Å². The Bertz CT molecular complexity index is 1230. The van der Waals surface area contributed by atoms with E-state index in [0.29, 0.717) is 33.5 Å². The molecule has 10 heteroatoms. The van der Waals surface area contributed by atoms with Gasteiger partial charge in [-0.25, -0.2) is 4.98 Å². The van der Waals surface area contributed by atoms with Gasteiger partial charge in [0.1, 0.15) is 28.5 Å². The van der Waals surface area contributed by atoms with Crippen LogP contribution < -0.4 is 20.5 Å². The second kappa shape index (κ2) is 8.96. The minimum absolute atomic E-state index is 0.0669. The summed E-state index contributed by atoms with van der Waals surface area (Å²) in [5.41, 5.74) is 7.55. The molecule has 3 N–H and O–H groups in total. The number of nitrogens with one attached hydrogen (secondary N) is 1. The number of aromatic nitrogens is 1. The largest absolute Gasteiger partial charge is 0.454 e. The number of anilines is 2. The first-order valence-electron chi connectivity index (χ1n) is 9.10. The Balaban J connectivity index is 1.47. The molecule has 1 amide bonds. The number of nitrogens with zero attached hydrogens (tertiary/aromatic N) is 3. The first-order chi connectivity index (χ1) is 15.1.